The molecule has 0 atom stereocenters. The summed E-state index contributed by atoms with van der Waals surface area (Å²) in [6.07, 6.45) is 3.04. The Labute approximate surface area is 153 Å². The molecule has 1 aliphatic heterocycles. The van der Waals surface area contributed by atoms with Crippen molar-refractivity contribution in [2.45, 2.75) is 12.8 Å². The van der Waals surface area contributed by atoms with E-state index < -0.39 is 0 Å². The Morgan fingerprint density at radius 3 is 2.54 bits per heavy atom. The summed E-state index contributed by atoms with van der Waals surface area (Å²) < 4.78 is 12.9. The van der Waals surface area contributed by atoms with Crippen molar-refractivity contribution in [2.75, 3.05) is 44.2 Å². The molecular formula is C20H25FN4O. The minimum atomic E-state index is -0.235. The van der Waals surface area contributed by atoms with Crippen molar-refractivity contribution >= 4 is 11.7 Å². The number of anilines is 1. The second-order valence-electron chi connectivity index (χ2n) is 6.49. The third-order valence-corrected chi connectivity index (χ3v) is 4.65. The number of piperazine rings is 1. The molecule has 1 fully saturated rings. The summed E-state index contributed by atoms with van der Waals surface area (Å²) >= 11 is 0. The van der Waals surface area contributed by atoms with Gasteiger partial charge in [0, 0.05) is 51.9 Å². The van der Waals surface area contributed by atoms with Gasteiger partial charge in [-0.15, -0.1) is 0 Å². The van der Waals surface area contributed by atoms with Gasteiger partial charge in [-0.05, 0) is 36.2 Å². The van der Waals surface area contributed by atoms with Crippen LogP contribution in [0.25, 0.3) is 0 Å². The molecule has 0 saturated carbocycles. The number of carbonyl (C=O) groups excluding carboxylic acids is 1. The number of amides is 1. The maximum absolute atomic E-state index is 12.9. The van der Waals surface area contributed by atoms with Crippen molar-refractivity contribution < 1.29 is 9.18 Å². The van der Waals surface area contributed by atoms with Crippen LogP contribution in [0.4, 0.5) is 10.2 Å². The van der Waals surface area contributed by atoms with Crippen molar-refractivity contribution in [3.8, 4) is 0 Å². The summed E-state index contributed by atoms with van der Waals surface area (Å²) in [4.78, 5) is 21.0. The molecule has 6 heteroatoms. The number of benzene rings is 1. The lowest BCUT2D eigenvalue weighted by Crippen LogP contribution is -2.47. The molecule has 2 aromatic rings. The first kappa shape index (κ1) is 18.3. The van der Waals surface area contributed by atoms with Gasteiger partial charge in [0.05, 0.1) is 0 Å². The lowest BCUT2D eigenvalue weighted by Gasteiger charge is -2.35. The molecule has 1 aromatic heterocycles. The maximum atomic E-state index is 12.9. The van der Waals surface area contributed by atoms with Crippen LogP contribution in [-0.4, -0.2) is 55.1 Å². The molecule has 0 unspecified atom stereocenters. The van der Waals surface area contributed by atoms with Crippen LogP contribution in [0.2, 0.25) is 0 Å². The van der Waals surface area contributed by atoms with E-state index in [2.05, 4.69) is 20.1 Å². The van der Waals surface area contributed by atoms with E-state index in [1.807, 2.05) is 24.4 Å². The molecule has 3 rings (SSSR count). The van der Waals surface area contributed by atoms with Crippen molar-refractivity contribution in [3.63, 3.8) is 0 Å². The van der Waals surface area contributed by atoms with Crippen molar-refractivity contribution in [2.24, 2.45) is 0 Å². The average Bonchev–Trinajstić information content (AvgIpc) is 2.69. The van der Waals surface area contributed by atoms with Crippen LogP contribution in [0.3, 0.4) is 0 Å². The van der Waals surface area contributed by atoms with Crippen molar-refractivity contribution in [3.05, 3.63) is 60.0 Å². The molecule has 0 spiro atoms. The van der Waals surface area contributed by atoms with Crippen LogP contribution in [-0.2, 0) is 11.2 Å². The number of pyridine rings is 1. The largest absolute Gasteiger partial charge is 0.356 e. The number of nitrogens with zero attached hydrogens (tertiary/aromatic N) is 3. The van der Waals surface area contributed by atoms with Crippen LogP contribution >= 0.6 is 0 Å². The Morgan fingerprint density at radius 2 is 1.85 bits per heavy atom. The first-order chi connectivity index (χ1) is 12.7. The number of rotatable bonds is 7. The molecule has 138 valence electrons. The second kappa shape index (κ2) is 9.29. The molecule has 0 aliphatic carbocycles. The van der Waals surface area contributed by atoms with Crippen LogP contribution in [0, 0.1) is 5.82 Å². The van der Waals surface area contributed by atoms with E-state index in [1.54, 1.807) is 12.1 Å². The van der Waals surface area contributed by atoms with Gasteiger partial charge < -0.3 is 10.2 Å². The van der Waals surface area contributed by atoms with Gasteiger partial charge in [0.15, 0.2) is 0 Å². The Balaban J connectivity index is 1.31. The molecule has 0 bridgehead atoms. The lowest BCUT2D eigenvalue weighted by atomic mass is 10.1. The molecule has 0 radical (unpaired) electrons. The quantitative estimate of drug-likeness (QED) is 0.825. The van der Waals surface area contributed by atoms with Gasteiger partial charge in [-0.25, -0.2) is 9.37 Å². The van der Waals surface area contributed by atoms with E-state index in [0.29, 0.717) is 13.0 Å². The van der Waals surface area contributed by atoms with Gasteiger partial charge in [-0.1, -0.05) is 18.2 Å². The summed E-state index contributed by atoms with van der Waals surface area (Å²) in [6.45, 7) is 5.11. The molecule has 5 nitrogen and oxygen atoms in total. The molecule has 1 amide bonds. The Bertz CT molecular complexity index is 685. The van der Waals surface area contributed by atoms with E-state index in [9.17, 15) is 9.18 Å². The fourth-order valence-corrected chi connectivity index (χ4v) is 3.09. The highest BCUT2D eigenvalue weighted by Crippen LogP contribution is 2.12. The first-order valence-electron chi connectivity index (χ1n) is 9.10. The fourth-order valence-electron chi connectivity index (χ4n) is 3.09. The number of nitrogens with one attached hydrogen (secondary N) is 1. The normalized spacial score (nSPS) is 15.0. The first-order valence-corrected chi connectivity index (χ1v) is 9.10. The maximum Gasteiger partial charge on any atom is 0.221 e. The van der Waals surface area contributed by atoms with E-state index in [1.165, 1.54) is 12.1 Å². The van der Waals surface area contributed by atoms with E-state index in [-0.39, 0.29) is 11.7 Å². The standard InChI is InChI=1S/C20H25FN4O/c21-18-6-4-17(5-7-18)8-11-23-20(26)9-12-24-13-15-25(16-14-24)19-3-1-2-10-22-19/h1-7,10H,8-9,11-16H2,(H,23,26). The number of hydrogen-bond donors (Lipinski definition) is 1. The summed E-state index contributed by atoms with van der Waals surface area (Å²) in [5.41, 5.74) is 1.03. The van der Waals surface area contributed by atoms with Crippen LogP contribution in [0.15, 0.2) is 48.7 Å². The number of carbonyl (C=O) groups is 1. The molecule has 1 N–H and O–H groups in total. The molecule has 1 aliphatic rings. The van der Waals surface area contributed by atoms with Gasteiger partial charge in [0.1, 0.15) is 11.6 Å². The summed E-state index contributed by atoms with van der Waals surface area (Å²) in [7, 11) is 0. The topological polar surface area (TPSA) is 48.5 Å². The summed E-state index contributed by atoms with van der Waals surface area (Å²) in [6, 6.07) is 12.4. The second-order valence-corrected chi connectivity index (χ2v) is 6.49. The van der Waals surface area contributed by atoms with Crippen molar-refractivity contribution in [1.29, 1.82) is 0 Å². The van der Waals surface area contributed by atoms with Crippen molar-refractivity contribution in [1.82, 2.24) is 15.2 Å². The lowest BCUT2D eigenvalue weighted by molar-refractivity contribution is -0.121. The highest BCUT2D eigenvalue weighted by Gasteiger charge is 2.18. The molecule has 1 aromatic carbocycles. The van der Waals surface area contributed by atoms with E-state index in [4.69, 9.17) is 0 Å². The minimum absolute atomic E-state index is 0.0688. The predicted octanol–water partition coefficient (Wildman–Crippen LogP) is 2.09. The number of aromatic nitrogens is 1. The van der Waals surface area contributed by atoms with Gasteiger partial charge >= 0.3 is 0 Å². The highest BCUT2D eigenvalue weighted by molar-refractivity contribution is 5.76. The number of halogens is 1. The zero-order chi connectivity index (χ0) is 18.2. The fraction of sp³-hybridized carbons (Fsp3) is 0.400. The van der Waals surface area contributed by atoms with E-state index in [0.717, 1.165) is 50.5 Å². The third-order valence-electron chi connectivity index (χ3n) is 4.65. The smallest absolute Gasteiger partial charge is 0.221 e. The molecule has 26 heavy (non-hydrogen) atoms. The number of hydrogen-bond acceptors (Lipinski definition) is 4. The molecule has 2 heterocycles. The average molecular weight is 356 g/mol. The molecular weight excluding hydrogens is 331 g/mol. The predicted molar refractivity (Wildman–Crippen MR) is 101 cm³/mol. The minimum Gasteiger partial charge on any atom is -0.356 e. The van der Waals surface area contributed by atoms with Gasteiger partial charge in [-0.3, -0.25) is 9.69 Å². The summed E-state index contributed by atoms with van der Waals surface area (Å²) in [5, 5.41) is 2.94. The summed E-state index contributed by atoms with van der Waals surface area (Å²) in [5.74, 6) is 0.853. The molecule has 1 saturated heterocycles. The Kier molecular flexibility index (Phi) is 6.55. The van der Waals surface area contributed by atoms with Crippen LogP contribution in [0.5, 0.6) is 0 Å². The SMILES string of the molecule is O=C(CCN1CCN(c2ccccn2)CC1)NCCc1ccc(F)cc1. The van der Waals surface area contributed by atoms with Crippen LogP contribution in [0.1, 0.15) is 12.0 Å². The zero-order valence-electron chi connectivity index (χ0n) is 14.9. The zero-order valence-corrected chi connectivity index (χ0v) is 14.9. The Hall–Kier alpha value is -2.47. The van der Waals surface area contributed by atoms with E-state index >= 15 is 0 Å². The highest BCUT2D eigenvalue weighted by atomic mass is 19.1. The monoisotopic (exact) mass is 356 g/mol. The Morgan fingerprint density at radius 1 is 1.08 bits per heavy atom. The van der Waals surface area contributed by atoms with Crippen LogP contribution < -0.4 is 10.2 Å². The van der Waals surface area contributed by atoms with Gasteiger partial charge in [0.25, 0.3) is 0 Å². The third kappa shape index (κ3) is 5.52. The van der Waals surface area contributed by atoms with Gasteiger partial charge in [0.2, 0.25) is 5.91 Å². The van der Waals surface area contributed by atoms with Gasteiger partial charge in [-0.2, -0.15) is 0 Å².